The van der Waals surface area contributed by atoms with Gasteiger partial charge in [0.15, 0.2) is 0 Å². The third kappa shape index (κ3) is 4.32. The lowest BCUT2D eigenvalue weighted by atomic mass is 9.71. The maximum atomic E-state index is 11.2. The number of aliphatic carboxylic acids is 1. The molecule has 0 bridgehead atoms. The van der Waals surface area contributed by atoms with E-state index in [0.29, 0.717) is 5.78 Å². The summed E-state index contributed by atoms with van der Waals surface area (Å²) in [4.78, 5) is 20.2. The lowest BCUT2D eigenvalue weighted by Crippen LogP contribution is -2.28. The average molecular weight is 248 g/mol. The molecule has 1 aliphatic rings. The van der Waals surface area contributed by atoms with Gasteiger partial charge in [0.1, 0.15) is 5.78 Å². The largest absolute Gasteiger partial charge is 0.481 e. The van der Waals surface area contributed by atoms with Crippen LogP contribution in [0.1, 0.15) is 45.1 Å². The third-order valence-electron chi connectivity index (χ3n) is 3.38. The molecule has 1 aliphatic carbocycles. The van der Waals surface area contributed by atoms with Gasteiger partial charge in [0.25, 0.3) is 5.97 Å². The predicted octanol–water partition coefficient (Wildman–Crippen LogP) is 3.18. The summed E-state index contributed by atoms with van der Waals surface area (Å²) < 4.78 is 0. The molecule has 0 amide bonds. The van der Waals surface area contributed by atoms with Crippen LogP contribution < -0.4 is 0 Å². The molecule has 1 saturated carbocycles. The zero-order chi connectivity index (χ0) is 13.6. The number of rotatable bonds is 1. The van der Waals surface area contributed by atoms with Crippen LogP contribution in [0, 0.1) is 0 Å². The summed E-state index contributed by atoms with van der Waals surface area (Å²) in [6.07, 6.45) is 3.53. The number of carboxylic acids is 1. The number of hydrogen-bond acceptors (Lipinski definition) is 2. The van der Waals surface area contributed by atoms with Crippen LogP contribution in [-0.4, -0.2) is 16.9 Å². The second-order valence-corrected chi connectivity index (χ2v) is 4.98. The van der Waals surface area contributed by atoms with E-state index in [0.717, 1.165) is 32.6 Å². The van der Waals surface area contributed by atoms with Gasteiger partial charge in [-0.25, -0.2) is 0 Å². The minimum absolute atomic E-state index is 0.231. The number of benzene rings is 1. The second kappa shape index (κ2) is 6.34. The molecule has 18 heavy (non-hydrogen) atoms. The molecule has 98 valence electrons. The fourth-order valence-electron chi connectivity index (χ4n) is 2.21. The second-order valence-electron chi connectivity index (χ2n) is 4.98. The minimum atomic E-state index is -0.833. The molecular weight excluding hydrogens is 228 g/mol. The zero-order valence-corrected chi connectivity index (χ0v) is 11.0. The van der Waals surface area contributed by atoms with Crippen molar-refractivity contribution in [3.8, 4) is 0 Å². The summed E-state index contributed by atoms with van der Waals surface area (Å²) in [5.41, 5.74) is 1.61. The first-order valence-electron chi connectivity index (χ1n) is 6.21. The molecule has 3 nitrogen and oxygen atoms in total. The normalized spacial score (nSPS) is 17.6. The smallest absolute Gasteiger partial charge is 0.300 e. The van der Waals surface area contributed by atoms with Crippen LogP contribution in [0.15, 0.2) is 30.3 Å². The fraction of sp³-hybridized carbons (Fsp3) is 0.467. The van der Waals surface area contributed by atoms with Gasteiger partial charge in [-0.05, 0) is 23.8 Å². The van der Waals surface area contributed by atoms with Crippen molar-refractivity contribution in [1.29, 1.82) is 0 Å². The first-order chi connectivity index (χ1) is 8.44. The van der Waals surface area contributed by atoms with Crippen molar-refractivity contribution >= 4 is 11.8 Å². The number of carbonyl (C=O) groups is 2. The van der Waals surface area contributed by atoms with Crippen molar-refractivity contribution in [2.75, 3.05) is 0 Å². The number of carbonyl (C=O) groups excluding carboxylic acids is 1. The summed E-state index contributed by atoms with van der Waals surface area (Å²) in [5.74, 6) is -0.404. The monoisotopic (exact) mass is 248 g/mol. The van der Waals surface area contributed by atoms with Gasteiger partial charge in [-0.15, -0.1) is 0 Å². The third-order valence-corrected chi connectivity index (χ3v) is 3.38. The molecule has 0 spiro atoms. The minimum Gasteiger partial charge on any atom is -0.481 e. The Bertz CT molecular complexity index is 395. The standard InChI is InChI=1S/C13H16O.C2H4O2/c1-13(9-7-12(14)8-10-13)11-5-3-2-4-6-11;1-2(3)4/h2-6H,7-10H2,1H3;1H3,(H,3,4). The van der Waals surface area contributed by atoms with E-state index < -0.39 is 5.97 Å². The number of Topliss-reactive ketones (excluding diaryl/α,β-unsaturated/α-hetero) is 1. The Morgan fingerprint density at radius 3 is 2.06 bits per heavy atom. The van der Waals surface area contributed by atoms with Crippen molar-refractivity contribution in [2.24, 2.45) is 0 Å². The van der Waals surface area contributed by atoms with Crippen LogP contribution in [0.3, 0.4) is 0 Å². The first kappa shape index (κ1) is 14.4. The van der Waals surface area contributed by atoms with Crippen LogP contribution in [0.2, 0.25) is 0 Å². The van der Waals surface area contributed by atoms with E-state index in [4.69, 9.17) is 9.90 Å². The van der Waals surface area contributed by atoms with Crippen molar-refractivity contribution in [3.05, 3.63) is 35.9 Å². The molecule has 0 heterocycles. The molecule has 0 atom stereocenters. The SMILES string of the molecule is CC(=O)O.CC1(c2ccccc2)CCC(=O)CC1. The Kier molecular flexibility index (Phi) is 5.08. The molecule has 1 fully saturated rings. The summed E-state index contributed by atoms with van der Waals surface area (Å²) in [6, 6.07) is 10.6. The highest BCUT2D eigenvalue weighted by molar-refractivity contribution is 5.79. The quantitative estimate of drug-likeness (QED) is 0.830. The van der Waals surface area contributed by atoms with Gasteiger partial charge >= 0.3 is 0 Å². The molecule has 0 aromatic heterocycles. The van der Waals surface area contributed by atoms with Crippen molar-refractivity contribution in [3.63, 3.8) is 0 Å². The lowest BCUT2D eigenvalue weighted by molar-refractivity contribution is -0.134. The van der Waals surface area contributed by atoms with Gasteiger partial charge in [-0.3, -0.25) is 9.59 Å². The molecule has 1 aromatic carbocycles. The summed E-state index contributed by atoms with van der Waals surface area (Å²) >= 11 is 0. The van der Waals surface area contributed by atoms with Crippen LogP contribution in [0.5, 0.6) is 0 Å². The molecule has 0 radical (unpaired) electrons. The average Bonchev–Trinajstić information content (AvgIpc) is 2.34. The molecule has 1 aromatic rings. The highest BCUT2D eigenvalue weighted by atomic mass is 16.4. The van der Waals surface area contributed by atoms with E-state index in [2.05, 4.69) is 31.2 Å². The van der Waals surface area contributed by atoms with Gasteiger partial charge in [0, 0.05) is 19.8 Å². The van der Waals surface area contributed by atoms with Crippen LogP contribution in [0.25, 0.3) is 0 Å². The molecule has 0 saturated heterocycles. The van der Waals surface area contributed by atoms with E-state index >= 15 is 0 Å². The number of carboxylic acid groups (broad SMARTS) is 1. The van der Waals surface area contributed by atoms with Gasteiger partial charge in [0.05, 0.1) is 0 Å². The Morgan fingerprint density at radius 1 is 1.17 bits per heavy atom. The van der Waals surface area contributed by atoms with Crippen LogP contribution in [0.4, 0.5) is 0 Å². The van der Waals surface area contributed by atoms with Gasteiger partial charge in [-0.2, -0.15) is 0 Å². The maximum Gasteiger partial charge on any atom is 0.300 e. The van der Waals surface area contributed by atoms with Gasteiger partial charge in [-0.1, -0.05) is 37.3 Å². The molecule has 0 aliphatic heterocycles. The van der Waals surface area contributed by atoms with E-state index in [1.165, 1.54) is 5.56 Å². The summed E-state index contributed by atoms with van der Waals surface area (Å²) in [5, 5.41) is 7.42. The topological polar surface area (TPSA) is 54.4 Å². The molecule has 0 unspecified atom stereocenters. The first-order valence-corrected chi connectivity index (χ1v) is 6.21. The summed E-state index contributed by atoms with van der Waals surface area (Å²) in [7, 11) is 0. The number of hydrogen-bond donors (Lipinski definition) is 1. The molecule has 2 rings (SSSR count). The number of ketones is 1. The van der Waals surface area contributed by atoms with Gasteiger partial charge in [0.2, 0.25) is 0 Å². The van der Waals surface area contributed by atoms with Crippen LogP contribution in [-0.2, 0) is 15.0 Å². The lowest BCUT2D eigenvalue weighted by Gasteiger charge is -2.33. The molecule has 3 heteroatoms. The van der Waals surface area contributed by atoms with E-state index in [9.17, 15) is 4.79 Å². The maximum absolute atomic E-state index is 11.2. The van der Waals surface area contributed by atoms with Crippen molar-refractivity contribution in [2.45, 2.75) is 44.9 Å². The Labute approximate surface area is 108 Å². The highest BCUT2D eigenvalue weighted by Crippen LogP contribution is 2.37. The Morgan fingerprint density at radius 2 is 1.61 bits per heavy atom. The van der Waals surface area contributed by atoms with E-state index in [-0.39, 0.29) is 5.41 Å². The Hall–Kier alpha value is -1.64. The van der Waals surface area contributed by atoms with Crippen molar-refractivity contribution < 1.29 is 14.7 Å². The van der Waals surface area contributed by atoms with Crippen molar-refractivity contribution in [1.82, 2.24) is 0 Å². The fourth-order valence-corrected chi connectivity index (χ4v) is 2.21. The summed E-state index contributed by atoms with van der Waals surface area (Å²) in [6.45, 7) is 3.36. The van der Waals surface area contributed by atoms with Gasteiger partial charge < -0.3 is 5.11 Å². The Balaban J connectivity index is 0.000000357. The van der Waals surface area contributed by atoms with E-state index in [1.54, 1.807) is 0 Å². The zero-order valence-electron chi connectivity index (χ0n) is 11.0. The molecular formula is C15H20O3. The highest BCUT2D eigenvalue weighted by Gasteiger charge is 2.31. The van der Waals surface area contributed by atoms with E-state index in [1.807, 2.05) is 6.07 Å². The van der Waals surface area contributed by atoms with Crippen LogP contribution >= 0.6 is 0 Å². The predicted molar refractivity (Wildman–Crippen MR) is 70.6 cm³/mol. The molecule has 1 N–H and O–H groups in total.